The maximum Gasteiger partial charge on any atom is 0.120 e. The summed E-state index contributed by atoms with van der Waals surface area (Å²) in [7, 11) is 0. The van der Waals surface area contributed by atoms with Crippen molar-refractivity contribution in [2.75, 3.05) is 0 Å². The first-order valence-corrected chi connectivity index (χ1v) is 16.3. The minimum absolute atomic E-state index is 0.0514. The zero-order chi connectivity index (χ0) is 32.6. The van der Waals surface area contributed by atoms with Gasteiger partial charge in [0, 0.05) is 18.3 Å². The highest BCUT2D eigenvalue weighted by Gasteiger charge is 2.67. The molecule has 2 bridgehead atoms. The summed E-state index contributed by atoms with van der Waals surface area (Å²) < 4.78 is 12.8. The monoisotopic (exact) mass is 600 g/mol. The number of hydrogen-bond acceptors (Lipinski definition) is 4. The van der Waals surface area contributed by atoms with E-state index in [1.54, 1.807) is 0 Å². The van der Waals surface area contributed by atoms with Crippen molar-refractivity contribution in [2.45, 2.75) is 130 Å². The molecule has 0 aromatic carbocycles. The molecule has 2 saturated heterocycles. The van der Waals surface area contributed by atoms with E-state index < -0.39 is 11.2 Å². The molecule has 3 fully saturated rings. The van der Waals surface area contributed by atoms with Gasteiger partial charge in [-0.05, 0) is 83.1 Å². The number of fused-ring (bicyclic) bond motifs is 3. The van der Waals surface area contributed by atoms with Crippen LogP contribution in [-0.2, 0) is 9.47 Å². The van der Waals surface area contributed by atoms with Crippen LogP contribution in [0.1, 0.15) is 94.9 Å². The number of hydrogen-bond donors (Lipinski definition) is 2. The molecule has 4 nitrogen and oxygen atoms in total. The van der Waals surface area contributed by atoms with Crippen molar-refractivity contribution < 1.29 is 19.7 Å². The van der Waals surface area contributed by atoms with Gasteiger partial charge < -0.3 is 19.7 Å². The van der Waals surface area contributed by atoms with E-state index in [4.69, 9.17) is 9.47 Å². The summed E-state index contributed by atoms with van der Waals surface area (Å²) in [6.45, 7) is 21.2. The van der Waals surface area contributed by atoms with Crippen LogP contribution in [0.15, 0.2) is 107 Å². The Balaban J connectivity index is 1.29. The van der Waals surface area contributed by atoms with E-state index in [0.29, 0.717) is 12.8 Å². The summed E-state index contributed by atoms with van der Waals surface area (Å²) in [4.78, 5) is 0. The van der Waals surface area contributed by atoms with Crippen molar-refractivity contribution in [1.82, 2.24) is 0 Å². The van der Waals surface area contributed by atoms with Crippen LogP contribution in [0, 0.1) is 10.8 Å². The molecular formula is C40H56O4. The van der Waals surface area contributed by atoms with Crippen molar-refractivity contribution in [3.05, 3.63) is 107 Å². The Morgan fingerprint density at radius 2 is 1.30 bits per heavy atom. The fourth-order valence-electron chi connectivity index (χ4n) is 8.07. The highest BCUT2D eigenvalue weighted by molar-refractivity contribution is 5.38. The average molecular weight is 601 g/mol. The summed E-state index contributed by atoms with van der Waals surface area (Å²) in [6.07, 6.45) is 30.2. The molecule has 3 heterocycles. The van der Waals surface area contributed by atoms with E-state index in [1.165, 1.54) is 5.57 Å². The Kier molecular flexibility index (Phi) is 9.93. The van der Waals surface area contributed by atoms with Gasteiger partial charge in [0.2, 0.25) is 0 Å². The highest BCUT2D eigenvalue weighted by Crippen LogP contribution is 2.60. The lowest BCUT2D eigenvalue weighted by molar-refractivity contribution is -0.115. The van der Waals surface area contributed by atoms with Gasteiger partial charge in [-0.15, -0.1) is 0 Å². The predicted octanol–water partition coefficient (Wildman–Crippen LogP) is 8.97. The molecule has 1 aliphatic carbocycles. The molecule has 240 valence electrons. The summed E-state index contributed by atoms with van der Waals surface area (Å²) in [5.41, 5.74) is 3.90. The number of aliphatic hydroxyl groups is 2. The molecule has 0 radical (unpaired) electrons. The van der Waals surface area contributed by atoms with E-state index in [1.807, 2.05) is 6.92 Å². The van der Waals surface area contributed by atoms with E-state index in [9.17, 15) is 10.2 Å². The molecule has 6 unspecified atom stereocenters. The Bertz CT molecular complexity index is 1350. The van der Waals surface area contributed by atoms with Gasteiger partial charge in [0.15, 0.2) is 0 Å². The molecule has 0 amide bonds. The molecule has 2 N–H and O–H groups in total. The normalized spacial score (nSPS) is 37.7. The third kappa shape index (κ3) is 7.15. The van der Waals surface area contributed by atoms with Gasteiger partial charge in [-0.25, -0.2) is 0 Å². The Morgan fingerprint density at radius 3 is 1.89 bits per heavy atom. The third-order valence-corrected chi connectivity index (χ3v) is 10.2. The maximum absolute atomic E-state index is 11.1. The van der Waals surface area contributed by atoms with Gasteiger partial charge in [0.05, 0.1) is 29.5 Å². The van der Waals surface area contributed by atoms with E-state index >= 15 is 0 Å². The molecule has 4 rings (SSSR count). The van der Waals surface area contributed by atoms with Gasteiger partial charge >= 0.3 is 0 Å². The maximum atomic E-state index is 11.1. The van der Waals surface area contributed by atoms with Crippen LogP contribution in [0.2, 0.25) is 0 Å². The topological polar surface area (TPSA) is 58.9 Å². The van der Waals surface area contributed by atoms with Crippen LogP contribution in [0.4, 0.5) is 0 Å². The van der Waals surface area contributed by atoms with Crippen molar-refractivity contribution in [1.29, 1.82) is 0 Å². The van der Waals surface area contributed by atoms with Crippen molar-refractivity contribution in [3.8, 4) is 0 Å². The number of aliphatic hydroxyl groups excluding tert-OH is 1. The molecular weight excluding hydrogens is 544 g/mol. The van der Waals surface area contributed by atoms with Crippen LogP contribution in [0.3, 0.4) is 0 Å². The second-order valence-electron chi connectivity index (χ2n) is 15.4. The second-order valence-corrected chi connectivity index (χ2v) is 15.4. The Hall–Kier alpha value is -2.50. The minimum Gasteiger partial charge on any atom is -0.393 e. The van der Waals surface area contributed by atoms with E-state index in [2.05, 4.69) is 141 Å². The minimum atomic E-state index is -0.848. The lowest BCUT2D eigenvalue weighted by atomic mass is 9.61. The summed E-state index contributed by atoms with van der Waals surface area (Å²) in [5, 5.41) is 21.5. The van der Waals surface area contributed by atoms with Gasteiger partial charge in [-0.3, -0.25) is 0 Å². The molecule has 6 atom stereocenters. The first-order chi connectivity index (χ1) is 20.4. The number of rotatable bonds is 9. The smallest absolute Gasteiger partial charge is 0.120 e. The predicted molar refractivity (Wildman–Crippen MR) is 183 cm³/mol. The molecule has 3 aliphatic heterocycles. The molecule has 1 saturated carbocycles. The van der Waals surface area contributed by atoms with Gasteiger partial charge in [0.25, 0.3) is 0 Å². The van der Waals surface area contributed by atoms with Gasteiger partial charge in [0.1, 0.15) is 5.60 Å². The van der Waals surface area contributed by atoms with Crippen molar-refractivity contribution in [3.63, 3.8) is 0 Å². The highest BCUT2D eigenvalue weighted by atomic mass is 16.5. The fraction of sp³-hybridized carbons (Fsp3) is 0.550. The number of allylic oxidation sites excluding steroid dienone is 14. The average Bonchev–Trinajstić information content (AvgIpc) is 3.47. The Labute approximate surface area is 267 Å². The fourth-order valence-corrected chi connectivity index (χ4v) is 8.07. The van der Waals surface area contributed by atoms with Crippen LogP contribution in [0.5, 0.6) is 0 Å². The van der Waals surface area contributed by atoms with Crippen molar-refractivity contribution >= 4 is 0 Å². The van der Waals surface area contributed by atoms with Crippen LogP contribution < -0.4 is 0 Å². The van der Waals surface area contributed by atoms with Crippen molar-refractivity contribution in [2.24, 2.45) is 10.8 Å². The first kappa shape index (κ1) is 34.4. The quantitative estimate of drug-likeness (QED) is 0.205. The molecule has 4 aliphatic rings. The molecule has 0 spiro atoms. The third-order valence-electron chi connectivity index (χ3n) is 10.2. The Morgan fingerprint density at radius 1 is 0.727 bits per heavy atom. The van der Waals surface area contributed by atoms with Crippen LogP contribution in [0.25, 0.3) is 0 Å². The zero-order valence-corrected chi connectivity index (χ0v) is 28.8. The lowest BCUT2D eigenvalue weighted by Crippen LogP contribution is -2.56. The van der Waals surface area contributed by atoms with E-state index in [0.717, 1.165) is 35.1 Å². The van der Waals surface area contributed by atoms with Crippen LogP contribution >= 0.6 is 0 Å². The summed E-state index contributed by atoms with van der Waals surface area (Å²) >= 11 is 0. The second kappa shape index (κ2) is 12.7. The molecule has 0 aromatic rings. The molecule has 4 heteroatoms. The van der Waals surface area contributed by atoms with Crippen LogP contribution in [-0.4, -0.2) is 45.3 Å². The standard InChI is InChI=1S/C40H56O4/c1-28(17-13-18-30(3)21-22-40-37(7,8)26-33(43-40)27-39(40,10)42)15-11-12-16-29(2)19-14-20-31(4)34-23-35-36(5,6)24-32(41)25-38(35,9)44-34/h11-23,32-34,41-42H,24-27H2,1-10H3. The zero-order valence-electron chi connectivity index (χ0n) is 28.8. The van der Waals surface area contributed by atoms with E-state index in [-0.39, 0.29) is 34.7 Å². The summed E-state index contributed by atoms with van der Waals surface area (Å²) in [5.74, 6) is 0. The largest absolute Gasteiger partial charge is 0.393 e. The number of ether oxygens (including phenoxy) is 2. The first-order valence-electron chi connectivity index (χ1n) is 16.3. The SMILES string of the molecule is CC(C=CC=C(C)C=CC12OC(CC1(C)C)CC2(C)O)=CC=CC=C(C)C=CC=C(C)C1C=C2C(C)(C)CC(O)CC2(C)O1. The van der Waals surface area contributed by atoms with Gasteiger partial charge in [-0.2, -0.15) is 0 Å². The molecule has 44 heavy (non-hydrogen) atoms. The summed E-state index contributed by atoms with van der Waals surface area (Å²) in [6, 6.07) is 0. The van der Waals surface area contributed by atoms with Gasteiger partial charge in [-0.1, -0.05) is 111 Å². The lowest BCUT2D eigenvalue weighted by Gasteiger charge is -2.46. The molecule has 0 aromatic heterocycles.